The average molecular weight is 252 g/mol. The van der Waals surface area contributed by atoms with Crippen molar-refractivity contribution in [1.82, 2.24) is 10.2 Å². The molecular formula is C14H24N2O2. The molecule has 4 heteroatoms. The molecular weight excluding hydrogens is 228 g/mol. The first kappa shape index (κ1) is 13.6. The third-order valence-corrected chi connectivity index (χ3v) is 3.55. The van der Waals surface area contributed by atoms with Crippen LogP contribution in [0.3, 0.4) is 0 Å². The third-order valence-electron chi connectivity index (χ3n) is 3.55. The van der Waals surface area contributed by atoms with Crippen LogP contribution in [0.1, 0.15) is 24.2 Å². The molecule has 0 unspecified atom stereocenters. The summed E-state index contributed by atoms with van der Waals surface area (Å²) in [4.78, 5) is 2.32. The molecule has 1 aromatic rings. The molecule has 0 amide bonds. The standard InChI is InChI=1S/C14H24N2O2/c1-12-13(3-10-18-12)11-16(2)7-6-15-14-4-8-17-9-5-14/h3,10,14-15H,4-9,11H2,1-2H3. The molecule has 0 aromatic carbocycles. The Hall–Kier alpha value is -0.840. The Bertz CT molecular complexity index is 345. The van der Waals surface area contributed by atoms with Crippen LogP contribution in [-0.2, 0) is 11.3 Å². The van der Waals surface area contributed by atoms with Gasteiger partial charge in [-0.1, -0.05) is 0 Å². The average Bonchev–Trinajstić information content (AvgIpc) is 2.76. The zero-order chi connectivity index (χ0) is 12.8. The van der Waals surface area contributed by atoms with Crippen molar-refractivity contribution >= 4 is 0 Å². The summed E-state index contributed by atoms with van der Waals surface area (Å²) in [5.41, 5.74) is 1.28. The topological polar surface area (TPSA) is 37.6 Å². The molecule has 0 radical (unpaired) electrons. The molecule has 2 heterocycles. The highest BCUT2D eigenvalue weighted by molar-refractivity contribution is 5.14. The molecule has 1 aliphatic heterocycles. The summed E-state index contributed by atoms with van der Waals surface area (Å²) in [6.07, 6.45) is 4.05. The first-order valence-corrected chi connectivity index (χ1v) is 6.78. The lowest BCUT2D eigenvalue weighted by atomic mass is 10.1. The van der Waals surface area contributed by atoms with Gasteiger partial charge in [-0.2, -0.15) is 0 Å². The van der Waals surface area contributed by atoms with Crippen LogP contribution < -0.4 is 5.32 Å². The minimum absolute atomic E-state index is 0.641. The van der Waals surface area contributed by atoms with E-state index in [0.29, 0.717) is 6.04 Å². The molecule has 1 N–H and O–H groups in total. The first-order chi connectivity index (χ1) is 8.75. The predicted molar refractivity (Wildman–Crippen MR) is 71.6 cm³/mol. The lowest BCUT2D eigenvalue weighted by Gasteiger charge is -2.24. The number of aryl methyl sites for hydroxylation is 1. The van der Waals surface area contributed by atoms with Crippen molar-refractivity contribution in [3.05, 3.63) is 23.7 Å². The Morgan fingerprint density at radius 2 is 2.17 bits per heavy atom. The number of nitrogens with one attached hydrogen (secondary N) is 1. The van der Waals surface area contributed by atoms with Gasteiger partial charge in [0.1, 0.15) is 5.76 Å². The molecule has 1 saturated heterocycles. The molecule has 0 aliphatic carbocycles. The number of rotatable bonds is 6. The Kier molecular flexibility index (Phi) is 5.23. The van der Waals surface area contributed by atoms with Crippen LogP contribution in [0, 0.1) is 6.92 Å². The van der Waals surface area contributed by atoms with Crippen LogP contribution >= 0.6 is 0 Å². The molecule has 0 spiro atoms. The largest absolute Gasteiger partial charge is 0.469 e. The fourth-order valence-electron chi connectivity index (χ4n) is 2.31. The van der Waals surface area contributed by atoms with Crippen molar-refractivity contribution in [1.29, 1.82) is 0 Å². The van der Waals surface area contributed by atoms with Gasteiger partial charge in [-0.25, -0.2) is 0 Å². The highest BCUT2D eigenvalue weighted by atomic mass is 16.5. The molecule has 102 valence electrons. The van der Waals surface area contributed by atoms with Crippen molar-refractivity contribution in [3.8, 4) is 0 Å². The van der Waals surface area contributed by atoms with Crippen LogP contribution in [0.4, 0.5) is 0 Å². The summed E-state index contributed by atoms with van der Waals surface area (Å²) in [5, 5.41) is 3.60. The van der Waals surface area contributed by atoms with E-state index in [2.05, 4.69) is 23.3 Å². The van der Waals surface area contributed by atoms with Gasteiger partial charge in [0.05, 0.1) is 6.26 Å². The quantitative estimate of drug-likeness (QED) is 0.837. The second-order valence-corrected chi connectivity index (χ2v) is 5.08. The van der Waals surface area contributed by atoms with E-state index >= 15 is 0 Å². The predicted octanol–water partition coefficient (Wildman–Crippen LogP) is 1.79. The van der Waals surface area contributed by atoms with Gasteiger partial charge in [-0.15, -0.1) is 0 Å². The van der Waals surface area contributed by atoms with E-state index in [0.717, 1.165) is 51.4 Å². The molecule has 1 aliphatic rings. The van der Waals surface area contributed by atoms with E-state index in [1.165, 1.54) is 5.56 Å². The fraction of sp³-hybridized carbons (Fsp3) is 0.714. The molecule has 2 rings (SSSR count). The maximum atomic E-state index is 5.35. The summed E-state index contributed by atoms with van der Waals surface area (Å²) in [6.45, 7) is 6.88. The summed E-state index contributed by atoms with van der Waals surface area (Å²) >= 11 is 0. The van der Waals surface area contributed by atoms with Crippen molar-refractivity contribution in [2.75, 3.05) is 33.4 Å². The van der Waals surface area contributed by atoms with Crippen molar-refractivity contribution in [2.24, 2.45) is 0 Å². The first-order valence-electron chi connectivity index (χ1n) is 6.78. The number of nitrogens with zero attached hydrogens (tertiary/aromatic N) is 1. The maximum Gasteiger partial charge on any atom is 0.105 e. The summed E-state index contributed by atoms with van der Waals surface area (Å²) in [5.74, 6) is 1.03. The number of furan rings is 1. The van der Waals surface area contributed by atoms with E-state index in [-0.39, 0.29) is 0 Å². The molecule has 0 saturated carbocycles. The van der Waals surface area contributed by atoms with E-state index in [4.69, 9.17) is 9.15 Å². The minimum Gasteiger partial charge on any atom is -0.469 e. The lowest BCUT2D eigenvalue weighted by Crippen LogP contribution is -2.39. The van der Waals surface area contributed by atoms with Gasteiger partial charge < -0.3 is 19.4 Å². The Labute approximate surface area is 109 Å². The van der Waals surface area contributed by atoms with Crippen LogP contribution in [0.25, 0.3) is 0 Å². The molecule has 18 heavy (non-hydrogen) atoms. The second kappa shape index (κ2) is 6.92. The molecule has 0 atom stereocenters. The number of hydrogen-bond acceptors (Lipinski definition) is 4. The van der Waals surface area contributed by atoms with Crippen molar-refractivity contribution < 1.29 is 9.15 Å². The smallest absolute Gasteiger partial charge is 0.105 e. The lowest BCUT2D eigenvalue weighted by molar-refractivity contribution is 0.0774. The van der Waals surface area contributed by atoms with E-state index in [1.54, 1.807) is 6.26 Å². The molecule has 1 fully saturated rings. The van der Waals surface area contributed by atoms with Crippen LogP contribution in [0.15, 0.2) is 16.7 Å². The zero-order valence-corrected chi connectivity index (χ0v) is 11.4. The molecule has 1 aromatic heterocycles. The van der Waals surface area contributed by atoms with Crippen molar-refractivity contribution in [3.63, 3.8) is 0 Å². The van der Waals surface area contributed by atoms with Gasteiger partial charge in [0.15, 0.2) is 0 Å². The Morgan fingerprint density at radius 1 is 1.39 bits per heavy atom. The van der Waals surface area contributed by atoms with Gasteiger partial charge >= 0.3 is 0 Å². The second-order valence-electron chi connectivity index (χ2n) is 5.08. The highest BCUT2D eigenvalue weighted by Gasteiger charge is 2.12. The maximum absolute atomic E-state index is 5.35. The van der Waals surface area contributed by atoms with Crippen molar-refractivity contribution in [2.45, 2.75) is 32.4 Å². The Balaban J connectivity index is 1.62. The summed E-state index contributed by atoms with van der Waals surface area (Å²) in [7, 11) is 2.15. The van der Waals surface area contributed by atoms with Crippen LogP contribution in [0.2, 0.25) is 0 Å². The molecule has 0 bridgehead atoms. The van der Waals surface area contributed by atoms with Gasteiger partial charge in [0, 0.05) is 44.5 Å². The normalized spacial score (nSPS) is 17.5. The SMILES string of the molecule is Cc1occc1CN(C)CCNC1CCOCC1. The monoisotopic (exact) mass is 252 g/mol. The zero-order valence-electron chi connectivity index (χ0n) is 11.4. The minimum atomic E-state index is 0.641. The van der Waals surface area contributed by atoms with Gasteiger partial charge in [-0.3, -0.25) is 0 Å². The Morgan fingerprint density at radius 3 is 2.83 bits per heavy atom. The number of ether oxygens (including phenoxy) is 1. The van der Waals surface area contributed by atoms with Gasteiger partial charge in [-0.05, 0) is 32.9 Å². The van der Waals surface area contributed by atoms with E-state index in [1.807, 2.05) is 6.92 Å². The fourth-order valence-corrected chi connectivity index (χ4v) is 2.31. The number of likely N-dealkylation sites (N-methyl/N-ethyl adjacent to an activating group) is 1. The summed E-state index contributed by atoms with van der Waals surface area (Å²) in [6, 6.07) is 2.69. The van der Waals surface area contributed by atoms with E-state index in [9.17, 15) is 0 Å². The van der Waals surface area contributed by atoms with E-state index < -0.39 is 0 Å². The summed E-state index contributed by atoms with van der Waals surface area (Å²) < 4.78 is 10.7. The molecule has 4 nitrogen and oxygen atoms in total. The van der Waals surface area contributed by atoms with Gasteiger partial charge in [0.25, 0.3) is 0 Å². The van der Waals surface area contributed by atoms with Crippen LogP contribution in [0.5, 0.6) is 0 Å². The highest BCUT2D eigenvalue weighted by Crippen LogP contribution is 2.10. The van der Waals surface area contributed by atoms with Crippen LogP contribution in [-0.4, -0.2) is 44.3 Å². The van der Waals surface area contributed by atoms with Gasteiger partial charge in [0.2, 0.25) is 0 Å². The number of hydrogen-bond donors (Lipinski definition) is 1. The third kappa shape index (κ3) is 4.12.